The van der Waals surface area contributed by atoms with Crippen molar-refractivity contribution in [3.63, 3.8) is 0 Å². The summed E-state index contributed by atoms with van der Waals surface area (Å²) >= 11 is 0. The molecule has 0 spiro atoms. The van der Waals surface area contributed by atoms with Crippen LogP contribution < -0.4 is 10.2 Å². The first-order valence-electron chi connectivity index (χ1n) is 8.24. The molecule has 0 atom stereocenters. The Morgan fingerprint density at radius 2 is 1.95 bits per heavy atom. The number of likely N-dealkylation sites (tertiary alicyclic amines) is 1. The fourth-order valence-corrected chi connectivity index (χ4v) is 2.90. The van der Waals surface area contributed by atoms with Crippen LogP contribution in [0.3, 0.4) is 0 Å². The highest BCUT2D eigenvalue weighted by atomic mass is 15.2. The van der Waals surface area contributed by atoms with Crippen molar-refractivity contribution >= 4 is 11.6 Å². The minimum atomic E-state index is 0.585. The average Bonchev–Trinajstić information content (AvgIpc) is 2.54. The minimum absolute atomic E-state index is 0.585. The van der Waals surface area contributed by atoms with Crippen molar-refractivity contribution in [1.29, 1.82) is 0 Å². The molecule has 1 aliphatic rings. The van der Waals surface area contributed by atoms with Gasteiger partial charge in [-0.05, 0) is 26.3 Å². The molecule has 2 heterocycles. The van der Waals surface area contributed by atoms with Crippen molar-refractivity contribution in [3.8, 4) is 0 Å². The first kappa shape index (κ1) is 16.0. The lowest BCUT2D eigenvalue weighted by molar-refractivity contribution is 0.220. The Bertz CT molecular complexity index is 440. The molecule has 1 saturated heterocycles. The van der Waals surface area contributed by atoms with E-state index < -0.39 is 0 Å². The molecule has 1 aliphatic heterocycles. The Hall–Kier alpha value is -1.36. The summed E-state index contributed by atoms with van der Waals surface area (Å²) in [4.78, 5) is 14.1. The molecule has 118 valence electrons. The van der Waals surface area contributed by atoms with E-state index in [1.807, 2.05) is 0 Å². The standard InChI is InChI=1S/C16H29N5/c1-5-14-18-15(17-6-2)12-16(19-14)20(4)13-8-10-21(7-3)11-9-13/h12-13H,5-11H2,1-4H3,(H,17,18,19). The molecule has 0 saturated carbocycles. The zero-order valence-electron chi connectivity index (χ0n) is 13.9. The molecule has 0 radical (unpaired) electrons. The second kappa shape index (κ2) is 7.59. The summed E-state index contributed by atoms with van der Waals surface area (Å²) < 4.78 is 0. The average molecular weight is 291 g/mol. The summed E-state index contributed by atoms with van der Waals surface area (Å²) in [6, 6.07) is 2.66. The topological polar surface area (TPSA) is 44.3 Å². The molecule has 0 bridgehead atoms. The molecular weight excluding hydrogens is 262 g/mol. The number of rotatable bonds is 6. The van der Waals surface area contributed by atoms with Gasteiger partial charge in [-0.25, -0.2) is 9.97 Å². The highest BCUT2D eigenvalue weighted by Gasteiger charge is 2.23. The van der Waals surface area contributed by atoms with E-state index >= 15 is 0 Å². The number of hydrogen-bond acceptors (Lipinski definition) is 5. The third-order valence-electron chi connectivity index (χ3n) is 4.35. The molecule has 0 aromatic carbocycles. The van der Waals surface area contributed by atoms with E-state index in [0.717, 1.165) is 37.0 Å². The van der Waals surface area contributed by atoms with E-state index in [-0.39, 0.29) is 0 Å². The molecule has 21 heavy (non-hydrogen) atoms. The van der Waals surface area contributed by atoms with Crippen molar-refractivity contribution < 1.29 is 0 Å². The normalized spacial score (nSPS) is 17.0. The van der Waals surface area contributed by atoms with E-state index in [1.54, 1.807) is 0 Å². The smallest absolute Gasteiger partial charge is 0.134 e. The van der Waals surface area contributed by atoms with Crippen LogP contribution in [0.5, 0.6) is 0 Å². The number of anilines is 2. The van der Waals surface area contributed by atoms with Gasteiger partial charge in [0.25, 0.3) is 0 Å². The molecule has 1 N–H and O–H groups in total. The summed E-state index contributed by atoms with van der Waals surface area (Å²) in [6.45, 7) is 10.9. The third-order valence-corrected chi connectivity index (χ3v) is 4.35. The Morgan fingerprint density at radius 1 is 1.24 bits per heavy atom. The molecule has 5 nitrogen and oxygen atoms in total. The van der Waals surface area contributed by atoms with Crippen LogP contribution >= 0.6 is 0 Å². The van der Waals surface area contributed by atoms with Gasteiger partial charge in [0.05, 0.1) is 0 Å². The number of nitrogens with zero attached hydrogens (tertiary/aromatic N) is 4. The summed E-state index contributed by atoms with van der Waals surface area (Å²) in [7, 11) is 2.17. The van der Waals surface area contributed by atoms with E-state index in [0.29, 0.717) is 6.04 Å². The second-order valence-corrected chi connectivity index (χ2v) is 5.69. The summed E-state index contributed by atoms with van der Waals surface area (Å²) in [5, 5.41) is 3.31. The molecule has 0 unspecified atom stereocenters. The maximum absolute atomic E-state index is 4.71. The number of aromatic nitrogens is 2. The highest BCUT2D eigenvalue weighted by molar-refractivity contribution is 5.49. The van der Waals surface area contributed by atoms with Gasteiger partial charge in [0.1, 0.15) is 17.5 Å². The van der Waals surface area contributed by atoms with Crippen molar-refractivity contribution in [2.24, 2.45) is 0 Å². The van der Waals surface area contributed by atoms with Crippen LogP contribution in [0, 0.1) is 0 Å². The monoisotopic (exact) mass is 291 g/mol. The number of nitrogens with one attached hydrogen (secondary N) is 1. The van der Waals surface area contributed by atoms with Crippen molar-refractivity contribution in [3.05, 3.63) is 11.9 Å². The van der Waals surface area contributed by atoms with Gasteiger partial charge < -0.3 is 15.1 Å². The first-order chi connectivity index (χ1) is 10.2. The van der Waals surface area contributed by atoms with Gasteiger partial charge in [0.15, 0.2) is 0 Å². The largest absolute Gasteiger partial charge is 0.370 e. The molecule has 1 aromatic rings. The summed E-state index contributed by atoms with van der Waals surface area (Å²) in [5.41, 5.74) is 0. The summed E-state index contributed by atoms with van der Waals surface area (Å²) in [5.74, 6) is 2.91. The minimum Gasteiger partial charge on any atom is -0.370 e. The molecule has 5 heteroatoms. The first-order valence-corrected chi connectivity index (χ1v) is 8.24. The Labute approximate surface area is 128 Å². The highest BCUT2D eigenvalue weighted by Crippen LogP contribution is 2.22. The Kier molecular flexibility index (Phi) is 5.79. The van der Waals surface area contributed by atoms with E-state index in [4.69, 9.17) is 4.98 Å². The van der Waals surface area contributed by atoms with Crippen LogP contribution in [0.1, 0.15) is 39.4 Å². The summed E-state index contributed by atoms with van der Waals surface area (Å²) in [6.07, 6.45) is 3.30. The van der Waals surface area contributed by atoms with E-state index in [2.05, 4.69) is 54.0 Å². The lowest BCUT2D eigenvalue weighted by Gasteiger charge is -2.37. The van der Waals surface area contributed by atoms with Gasteiger partial charge in [0.2, 0.25) is 0 Å². The molecule has 1 fully saturated rings. The maximum Gasteiger partial charge on any atom is 0.134 e. The van der Waals surface area contributed by atoms with Gasteiger partial charge in [-0.2, -0.15) is 0 Å². The SMILES string of the molecule is CCNc1cc(N(C)C2CCN(CC)CC2)nc(CC)n1. The van der Waals surface area contributed by atoms with Crippen LogP contribution in [-0.4, -0.2) is 54.1 Å². The van der Waals surface area contributed by atoms with Crippen molar-refractivity contribution in [2.75, 3.05) is 43.4 Å². The number of aryl methyl sites for hydroxylation is 1. The Balaban J connectivity index is 2.10. The van der Waals surface area contributed by atoms with Gasteiger partial charge >= 0.3 is 0 Å². The number of hydrogen-bond donors (Lipinski definition) is 1. The van der Waals surface area contributed by atoms with Gasteiger partial charge in [-0.3, -0.25) is 0 Å². The molecule has 0 amide bonds. The fourth-order valence-electron chi connectivity index (χ4n) is 2.90. The van der Waals surface area contributed by atoms with Crippen molar-refractivity contribution in [2.45, 2.75) is 46.1 Å². The van der Waals surface area contributed by atoms with Gasteiger partial charge in [-0.15, -0.1) is 0 Å². The van der Waals surface area contributed by atoms with Crippen LogP contribution in [0.4, 0.5) is 11.6 Å². The molecule has 0 aliphatic carbocycles. The predicted molar refractivity (Wildman–Crippen MR) is 89.1 cm³/mol. The quantitative estimate of drug-likeness (QED) is 0.872. The molecule has 2 rings (SSSR count). The van der Waals surface area contributed by atoms with Crippen LogP contribution in [0.15, 0.2) is 6.07 Å². The third kappa shape index (κ3) is 4.06. The zero-order chi connectivity index (χ0) is 15.2. The van der Waals surface area contributed by atoms with E-state index in [9.17, 15) is 0 Å². The van der Waals surface area contributed by atoms with Crippen LogP contribution in [0.25, 0.3) is 0 Å². The zero-order valence-corrected chi connectivity index (χ0v) is 13.9. The van der Waals surface area contributed by atoms with Gasteiger partial charge in [0, 0.05) is 45.2 Å². The fraction of sp³-hybridized carbons (Fsp3) is 0.750. The lowest BCUT2D eigenvalue weighted by atomic mass is 10.0. The number of piperidine rings is 1. The maximum atomic E-state index is 4.71. The van der Waals surface area contributed by atoms with Crippen LogP contribution in [0.2, 0.25) is 0 Å². The molecule has 1 aromatic heterocycles. The van der Waals surface area contributed by atoms with E-state index in [1.165, 1.54) is 25.9 Å². The second-order valence-electron chi connectivity index (χ2n) is 5.69. The Morgan fingerprint density at radius 3 is 2.52 bits per heavy atom. The van der Waals surface area contributed by atoms with Crippen molar-refractivity contribution in [1.82, 2.24) is 14.9 Å². The van der Waals surface area contributed by atoms with Crippen LogP contribution in [-0.2, 0) is 6.42 Å². The van der Waals surface area contributed by atoms with Gasteiger partial charge in [-0.1, -0.05) is 13.8 Å². The molecular formula is C16H29N5. The lowest BCUT2D eigenvalue weighted by Crippen LogP contribution is -2.43. The predicted octanol–water partition coefficient (Wildman–Crippen LogP) is 2.39.